The second kappa shape index (κ2) is 5.13. The number of halogens is 2. The fraction of sp³-hybridized carbons (Fsp3) is 0.385. The molecule has 1 aliphatic carbocycles. The maximum absolute atomic E-state index is 13.3. The Morgan fingerprint density at radius 3 is 2.78 bits per heavy atom. The van der Waals surface area contributed by atoms with Crippen LogP contribution in [0.5, 0.6) is 0 Å². The van der Waals surface area contributed by atoms with Crippen LogP contribution < -0.4 is 5.32 Å². The molecule has 0 spiro atoms. The van der Waals surface area contributed by atoms with Gasteiger partial charge in [-0.15, -0.1) is 0 Å². The lowest BCUT2D eigenvalue weighted by atomic mass is 10.1. The molecule has 2 rings (SSSR count). The predicted molar refractivity (Wildman–Crippen MR) is 60.3 cm³/mol. The number of carbonyl (C=O) groups is 1. The van der Waals surface area contributed by atoms with Gasteiger partial charge in [0.15, 0.2) is 0 Å². The summed E-state index contributed by atoms with van der Waals surface area (Å²) in [5, 5.41) is 11.4. The van der Waals surface area contributed by atoms with Crippen molar-refractivity contribution in [3.63, 3.8) is 0 Å². The zero-order valence-corrected chi connectivity index (χ0v) is 9.62. The van der Waals surface area contributed by atoms with Crippen molar-refractivity contribution >= 4 is 5.91 Å². The van der Waals surface area contributed by atoms with Gasteiger partial charge in [0.05, 0.1) is 12.5 Å². The minimum absolute atomic E-state index is 0.126. The average Bonchev–Trinajstić information content (AvgIpc) is 3.14. The minimum atomic E-state index is -0.745. The number of nitriles is 1. The molecule has 0 heterocycles. The number of hydrogen-bond donors (Lipinski definition) is 1. The lowest BCUT2D eigenvalue weighted by Gasteiger charge is -2.10. The summed E-state index contributed by atoms with van der Waals surface area (Å²) in [4.78, 5) is 11.6. The Hall–Kier alpha value is -1.96. The Morgan fingerprint density at radius 1 is 1.50 bits per heavy atom. The maximum Gasteiger partial charge on any atom is 0.225 e. The molecule has 1 aromatic carbocycles. The molecule has 1 unspecified atom stereocenters. The summed E-state index contributed by atoms with van der Waals surface area (Å²) in [6.45, 7) is 0. The third-order valence-electron chi connectivity index (χ3n) is 2.92. The van der Waals surface area contributed by atoms with E-state index >= 15 is 0 Å². The minimum Gasteiger partial charge on any atom is -0.340 e. The van der Waals surface area contributed by atoms with Crippen LogP contribution >= 0.6 is 0 Å². The molecule has 1 atom stereocenters. The van der Waals surface area contributed by atoms with Crippen LogP contribution in [0, 0.1) is 28.9 Å². The largest absolute Gasteiger partial charge is 0.340 e. The van der Waals surface area contributed by atoms with E-state index in [9.17, 15) is 13.6 Å². The fourth-order valence-electron chi connectivity index (χ4n) is 1.75. The summed E-state index contributed by atoms with van der Waals surface area (Å²) >= 11 is 0. The number of nitrogens with zero attached hydrogens (tertiary/aromatic N) is 1. The number of nitrogens with one attached hydrogen (secondary N) is 1. The summed E-state index contributed by atoms with van der Waals surface area (Å²) in [5.41, 5.74) is 0.126. The van der Waals surface area contributed by atoms with Gasteiger partial charge in [-0.05, 0) is 30.4 Å². The molecular weight excluding hydrogens is 238 g/mol. The molecule has 18 heavy (non-hydrogen) atoms. The molecule has 3 nitrogen and oxygen atoms in total. The van der Waals surface area contributed by atoms with Gasteiger partial charge < -0.3 is 5.32 Å². The van der Waals surface area contributed by atoms with Gasteiger partial charge in [0.25, 0.3) is 0 Å². The Labute approximate surface area is 103 Å². The highest BCUT2D eigenvalue weighted by Gasteiger charge is 2.32. The lowest BCUT2D eigenvalue weighted by molar-refractivity contribution is -0.121. The topological polar surface area (TPSA) is 52.9 Å². The zero-order valence-electron chi connectivity index (χ0n) is 9.62. The van der Waals surface area contributed by atoms with E-state index in [0.717, 1.165) is 25.0 Å². The van der Waals surface area contributed by atoms with Crippen molar-refractivity contribution in [2.24, 2.45) is 5.92 Å². The van der Waals surface area contributed by atoms with Crippen molar-refractivity contribution < 1.29 is 13.6 Å². The number of carbonyl (C=O) groups excluding carboxylic acids is 1. The van der Waals surface area contributed by atoms with Crippen LogP contribution in [0.3, 0.4) is 0 Å². The highest BCUT2D eigenvalue weighted by molar-refractivity contribution is 5.79. The van der Waals surface area contributed by atoms with Crippen LogP contribution in [0.25, 0.3) is 0 Å². The van der Waals surface area contributed by atoms with Crippen molar-refractivity contribution in [3.8, 4) is 6.07 Å². The van der Waals surface area contributed by atoms with Gasteiger partial charge in [-0.1, -0.05) is 6.07 Å². The van der Waals surface area contributed by atoms with Gasteiger partial charge >= 0.3 is 0 Å². The van der Waals surface area contributed by atoms with Crippen molar-refractivity contribution in [1.82, 2.24) is 5.32 Å². The number of benzene rings is 1. The van der Waals surface area contributed by atoms with Gasteiger partial charge in [-0.25, -0.2) is 8.78 Å². The van der Waals surface area contributed by atoms with E-state index < -0.39 is 23.6 Å². The Morgan fingerprint density at radius 2 is 2.22 bits per heavy atom. The van der Waals surface area contributed by atoms with Gasteiger partial charge in [-0.2, -0.15) is 5.26 Å². The van der Waals surface area contributed by atoms with Crippen LogP contribution in [-0.4, -0.2) is 11.9 Å². The van der Waals surface area contributed by atoms with Crippen molar-refractivity contribution in [1.29, 1.82) is 5.26 Å². The number of amides is 1. The monoisotopic (exact) mass is 250 g/mol. The van der Waals surface area contributed by atoms with E-state index in [2.05, 4.69) is 5.32 Å². The quantitative estimate of drug-likeness (QED) is 0.887. The first-order valence-electron chi connectivity index (χ1n) is 5.73. The van der Waals surface area contributed by atoms with E-state index in [0.29, 0.717) is 0 Å². The Bertz CT molecular complexity index is 506. The Kier molecular flexibility index (Phi) is 3.56. The van der Waals surface area contributed by atoms with E-state index in [4.69, 9.17) is 5.26 Å². The van der Waals surface area contributed by atoms with Gasteiger partial charge in [-0.3, -0.25) is 4.79 Å². The van der Waals surface area contributed by atoms with Crippen molar-refractivity contribution in [2.75, 3.05) is 0 Å². The zero-order chi connectivity index (χ0) is 13.1. The Balaban J connectivity index is 1.96. The first kappa shape index (κ1) is 12.5. The summed E-state index contributed by atoms with van der Waals surface area (Å²) in [6.07, 6.45) is 1.68. The summed E-state index contributed by atoms with van der Waals surface area (Å²) in [5.74, 6) is -1.62. The molecule has 0 bridgehead atoms. The van der Waals surface area contributed by atoms with Crippen LogP contribution in [-0.2, 0) is 11.2 Å². The molecule has 5 heteroatoms. The first-order chi connectivity index (χ1) is 8.60. The normalized spacial score (nSPS) is 15.8. The third kappa shape index (κ3) is 3.04. The highest BCUT2D eigenvalue weighted by Crippen LogP contribution is 2.32. The van der Waals surface area contributed by atoms with Crippen LogP contribution in [0.2, 0.25) is 0 Å². The van der Waals surface area contributed by atoms with E-state index in [-0.39, 0.29) is 17.9 Å². The molecule has 0 aromatic heterocycles. The molecule has 1 aliphatic rings. The first-order valence-corrected chi connectivity index (χ1v) is 5.73. The molecule has 0 saturated heterocycles. The standard InChI is InChI=1S/C13H12F2N2O/c14-10-4-3-9(11(15)6-10)5-13(18)17-12(7-16)8-1-2-8/h3-4,6,8,12H,1-2,5H2,(H,17,18). The lowest BCUT2D eigenvalue weighted by Crippen LogP contribution is -2.36. The molecule has 1 fully saturated rings. The summed E-state index contributed by atoms with van der Waals surface area (Å²) < 4.78 is 26.0. The highest BCUT2D eigenvalue weighted by atomic mass is 19.1. The van der Waals surface area contributed by atoms with E-state index in [1.54, 1.807) is 0 Å². The fourth-order valence-corrected chi connectivity index (χ4v) is 1.75. The van der Waals surface area contributed by atoms with Crippen molar-refractivity contribution in [3.05, 3.63) is 35.4 Å². The smallest absolute Gasteiger partial charge is 0.225 e. The number of rotatable bonds is 4. The molecule has 1 N–H and O–H groups in total. The van der Waals surface area contributed by atoms with Gasteiger partial charge in [0.1, 0.15) is 17.7 Å². The second-order valence-electron chi connectivity index (χ2n) is 4.42. The average molecular weight is 250 g/mol. The number of hydrogen-bond acceptors (Lipinski definition) is 2. The van der Waals surface area contributed by atoms with Crippen LogP contribution in [0.15, 0.2) is 18.2 Å². The van der Waals surface area contributed by atoms with Crippen LogP contribution in [0.1, 0.15) is 18.4 Å². The molecule has 94 valence electrons. The molecule has 1 saturated carbocycles. The molecule has 0 radical (unpaired) electrons. The van der Waals surface area contributed by atoms with E-state index in [1.807, 2.05) is 6.07 Å². The van der Waals surface area contributed by atoms with Gasteiger partial charge in [0, 0.05) is 6.07 Å². The van der Waals surface area contributed by atoms with E-state index in [1.165, 1.54) is 6.07 Å². The second-order valence-corrected chi connectivity index (χ2v) is 4.42. The molecule has 1 aromatic rings. The molecular formula is C13H12F2N2O. The SMILES string of the molecule is N#CC(NC(=O)Cc1ccc(F)cc1F)C1CC1. The third-order valence-corrected chi connectivity index (χ3v) is 2.92. The predicted octanol–water partition coefficient (Wildman–Crippen LogP) is 1.93. The molecule has 0 aliphatic heterocycles. The molecule has 1 amide bonds. The summed E-state index contributed by atoms with van der Waals surface area (Å²) in [6, 6.07) is 4.61. The van der Waals surface area contributed by atoms with Gasteiger partial charge in [0.2, 0.25) is 5.91 Å². The van der Waals surface area contributed by atoms with Crippen LogP contribution in [0.4, 0.5) is 8.78 Å². The maximum atomic E-state index is 13.3. The summed E-state index contributed by atoms with van der Waals surface area (Å²) in [7, 11) is 0. The van der Waals surface area contributed by atoms with Crippen molar-refractivity contribution in [2.45, 2.75) is 25.3 Å².